The SMILES string of the molecule is Cc1cc(C)c(CN2CCCCC2)c(C)c1C=O. The minimum atomic E-state index is 0.882. The van der Waals surface area contributed by atoms with E-state index >= 15 is 0 Å². The van der Waals surface area contributed by atoms with Crippen molar-refractivity contribution in [2.24, 2.45) is 0 Å². The second-order valence-electron chi connectivity index (χ2n) is 5.48. The lowest BCUT2D eigenvalue weighted by Crippen LogP contribution is -2.29. The molecule has 18 heavy (non-hydrogen) atoms. The van der Waals surface area contributed by atoms with Gasteiger partial charge in [-0.3, -0.25) is 9.69 Å². The summed E-state index contributed by atoms with van der Waals surface area (Å²) in [6, 6.07) is 2.15. The quantitative estimate of drug-likeness (QED) is 0.761. The van der Waals surface area contributed by atoms with Crippen LogP contribution >= 0.6 is 0 Å². The molecule has 0 aromatic heterocycles. The van der Waals surface area contributed by atoms with Crippen molar-refractivity contribution >= 4 is 6.29 Å². The lowest BCUT2D eigenvalue weighted by Gasteiger charge is -2.28. The summed E-state index contributed by atoms with van der Waals surface area (Å²) in [6.07, 6.45) is 4.99. The van der Waals surface area contributed by atoms with Gasteiger partial charge in [-0.1, -0.05) is 12.5 Å². The summed E-state index contributed by atoms with van der Waals surface area (Å²) in [6.45, 7) is 9.66. The summed E-state index contributed by atoms with van der Waals surface area (Å²) < 4.78 is 0. The Morgan fingerprint density at radius 2 is 1.78 bits per heavy atom. The van der Waals surface area contributed by atoms with Crippen molar-refractivity contribution in [3.8, 4) is 0 Å². The largest absolute Gasteiger partial charge is 0.299 e. The summed E-state index contributed by atoms with van der Waals surface area (Å²) >= 11 is 0. The number of rotatable bonds is 3. The zero-order valence-corrected chi connectivity index (χ0v) is 11.8. The molecule has 0 spiro atoms. The normalized spacial score (nSPS) is 16.8. The van der Waals surface area contributed by atoms with E-state index in [4.69, 9.17) is 0 Å². The molecule has 1 fully saturated rings. The Labute approximate surface area is 110 Å². The molecule has 0 amide bonds. The molecule has 1 aromatic carbocycles. The van der Waals surface area contributed by atoms with Gasteiger partial charge in [-0.05, 0) is 69.0 Å². The molecule has 2 rings (SSSR count). The molecule has 0 aliphatic carbocycles. The van der Waals surface area contributed by atoms with Crippen LogP contribution in [0.4, 0.5) is 0 Å². The topological polar surface area (TPSA) is 20.3 Å². The highest BCUT2D eigenvalue weighted by molar-refractivity contribution is 5.80. The third kappa shape index (κ3) is 2.64. The predicted molar refractivity (Wildman–Crippen MR) is 75.2 cm³/mol. The molecule has 0 saturated carbocycles. The molecule has 1 aliphatic heterocycles. The van der Waals surface area contributed by atoms with Crippen LogP contribution in [-0.2, 0) is 6.54 Å². The van der Waals surface area contributed by atoms with Crippen molar-refractivity contribution in [3.05, 3.63) is 33.9 Å². The standard InChI is InChI=1S/C16H23NO/c1-12-9-13(2)16(11-18)14(3)15(12)10-17-7-5-4-6-8-17/h9,11H,4-8,10H2,1-3H3. The van der Waals surface area contributed by atoms with Crippen LogP contribution in [0.25, 0.3) is 0 Å². The van der Waals surface area contributed by atoms with Gasteiger partial charge in [0.05, 0.1) is 0 Å². The van der Waals surface area contributed by atoms with E-state index in [0.717, 1.165) is 24.0 Å². The highest BCUT2D eigenvalue weighted by Gasteiger charge is 2.15. The number of nitrogens with zero attached hydrogens (tertiary/aromatic N) is 1. The highest BCUT2D eigenvalue weighted by atomic mass is 16.1. The monoisotopic (exact) mass is 245 g/mol. The Hall–Kier alpha value is -1.15. The molecule has 0 N–H and O–H groups in total. The van der Waals surface area contributed by atoms with Crippen LogP contribution in [0, 0.1) is 20.8 Å². The molecule has 1 aromatic rings. The predicted octanol–water partition coefficient (Wildman–Crippen LogP) is 3.41. The molecule has 1 aliphatic rings. The zero-order valence-electron chi connectivity index (χ0n) is 11.8. The number of aryl methyl sites for hydroxylation is 2. The van der Waals surface area contributed by atoms with Crippen LogP contribution in [0.2, 0.25) is 0 Å². The van der Waals surface area contributed by atoms with Crippen LogP contribution in [0.5, 0.6) is 0 Å². The molecule has 0 radical (unpaired) electrons. The van der Waals surface area contributed by atoms with E-state index in [1.807, 2.05) is 6.92 Å². The third-order valence-corrected chi connectivity index (χ3v) is 4.14. The van der Waals surface area contributed by atoms with Crippen molar-refractivity contribution in [3.63, 3.8) is 0 Å². The lowest BCUT2D eigenvalue weighted by atomic mass is 9.93. The molecule has 2 nitrogen and oxygen atoms in total. The molecule has 0 bridgehead atoms. The van der Waals surface area contributed by atoms with Crippen LogP contribution in [0.15, 0.2) is 6.07 Å². The van der Waals surface area contributed by atoms with Crippen LogP contribution < -0.4 is 0 Å². The van der Waals surface area contributed by atoms with Gasteiger partial charge in [0, 0.05) is 12.1 Å². The first kappa shape index (κ1) is 13.3. The van der Waals surface area contributed by atoms with Crippen molar-refractivity contribution in [1.29, 1.82) is 0 Å². The minimum Gasteiger partial charge on any atom is -0.299 e. The fraction of sp³-hybridized carbons (Fsp3) is 0.562. The number of carbonyl (C=O) groups excluding carboxylic acids is 1. The summed E-state index contributed by atoms with van der Waals surface area (Å²) in [7, 11) is 0. The minimum absolute atomic E-state index is 0.882. The maximum Gasteiger partial charge on any atom is 0.150 e. The number of benzene rings is 1. The molecule has 2 heteroatoms. The Kier molecular flexibility index (Phi) is 4.18. The van der Waals surface area contributed by atoms with Crippen LogP contribution in [0.1, 0.15) is 51.9 Å². The van der Waals surface area contributed by atoms with Crippen molar-refractivity contribution in [2.75, 3.05) is 13.1 Å². The maximum absolute atomic E-state index is 11.2. The molecular formula is C16H23NO. The van der Waals surface area contributed by atoms with Gasteiger partial charge in [0.1, 0.15) is 0 Å². The Balaban J connectivity index is 2.28. The molecule has 0 unspecified atom stereocenters. The van der Waals surface area contributed by atoms with E-state index in [0.29, 0.717) is 0 Å². The van der Waals surface area contributed by atoms with E-state index in [2.05, 4.69) is 24.8 Å². The van der Waals surface area contributed by atoms with Crippen LogP contribution in [-0.4, -0.2) is 24.3 Å². The van der Waals surface area contributed by atoms with Crippen molar-refractivity contribution < 1.29 is 4.79 Å². The smallest absolute Gasteiger partial charge is 0.150 e. The van der Waals surface area contributed by atoms with Gasteiger partial charge in [0.25, 0.3) is 0 Å². The highest BCUT2D eigenvalue weighted by Crippen LogP contribution is 2.23. The van der Waals surface area contributed by atoms with Crippen molar-refractivity contribution in [1.82, 2.24) is 4.90 Å². The average Bonchev–Trinajstić information content (AvgIpc) is 2.36. The number of hydrogen-bond donors (Lipinski definition) is 0. The second-order valence-corrected chi connectivity index (χ2v) is 5.48. The number of carbonyl (C=O) groups is 1. The second kappa shape index (κ2) is 5.66. The molecule has 0 atom stereocenters. The summed E-state index contributed by atoms with van der Waals surface area (Å²) in [5.41, 5.74) is 5.83. The number of aldehydes is 1. The van der Waals surface area contributed by atoms with E-state index in [1.54, 1.807) is 0 Å². The number of piperidine rings is 1. The fourth-order valence-corrected chi connectivity index (χ4v) is 3.01. The Morgan fingerprint density at radius 3 is 2.39 bits per heavy atom. The molecule has 1 saturated heterocycles. The first-order valence-electron chi connectivity index (χ1n) is 6.90. The molecular weight excluding hydrogens is 222 g/mol. The van der Waals surface area contributed by atoms with Gasteiger partial charge in [-0.25, -0.2) is 0 Å². The van der Waals surface area contributed by atoms with Gasteiger partial charge in [0.15, 0.2) is 6.29 Å². The maximum atomic E-state index is 11.2. The summed E-state index contributed by atoms with van der Waals surface area (Å²) in [5, 5.41) is 0. The fourth-order valence-electron chi connectivity index (χ4n) is 3.01. The van der Waals surface area contributed by atoms with E-state index in [-0.39, 0.29) is 0 Å². The number of hydrogen-bond acceptors (Lipinski definition) is 2. The summed E-state index contributed by atoms with van der Waals surface area (Å²) in [4.78, 5) is 13.7. The zero-order chi connectivity index (χ0) is 13.1. The molecule has 98 valence electrons. The van der Waals surface area contributed by atoms with Gasteiger partial charge in [-0.2, -0.15) is 0 Å². The molecule has 1 heterocycles. The number of likely N-dealkylation sites (tertiary alicyclic amines) is 1. The van der Waals surface area contributed by atoms with Crippen LogP contribution in [0.3, 0.4) is 0 Å². The van der Waals surface area contributed by atoms with E-state index in [1.165, 1.54) is 49.0 Å². The Bertz CT molecular complexity index is 445. The van der Waals surface area contributed by atoms with E-state index in [9.17, 15) is 4.79 Å². The lowest BCUT2D eigenvalue weighted by molar-refractivity contribution is 0.112. The third-order valence-electron chi connectivity index (χ3n) is 4.14. The van der Waals surface area contributed by atoms with E-state index < -0.39 is 0 Å². The van der Waals surface area contributed by atoms with Gasteiger partial charge >= 0.3 is 0 Å². The first-order chi connectivity index (χ1) is 8.63. The first-order valence-corrected chi connectivity index (χ1v) is 6.90. The van der Waals surface area contributed by atoms with Gasteiger partial charge < -0.3 is 0 Å². The van der Waals surface area contributed by atoms with Gasteiger partial charge in [-0.15, -0.1) is 0 Å². The van der Waals surface area contributed by atoms with Gasteiger partial charge in [0.2, 0.25) is 0 Å². The summed E-state index contributed by atoms with van der Waals surface area (Å²) in [5.74, 6) is 0. The Morgan fingerprint density at radius 1 is 1.11 bits per heavy atom. The average molecular weight is 245 g/mol. The van der Waals surface area contributed by atoms with Crippen molar-refractivity contribution in [2.45, 2.75) is 46.6 Å².